The van der Waals surface area contributed by atoms with E-state index in [1.165, 1.54) is 16.7 Å². The molecule has 29 heavy (non-hydrogen) atoms. The number of halogens is 2. The number of amides is 1. The maximum absolute atomic E-state index is 14.7. The Morgan fingerprint density at radius 3 is 2.41 bits per heavy atom. The Kier molecular flexibility index (Phi) is 7.60. The highest BCUT2D eigenvalue weighted by molar-refractivity contribution is 5.95. The zero-order valence-electron chi connectivity index (χ0n) is 17.1. The van der Waals surface area contributed by atoms with Crippen LogP contribution in [0.1, 0.15) is 38.3 Å². The van der Waals surface area contributed by atoms with Crippen molar-refractivity contribution >= 4 is 24.0 Å². The Morgan fingerprint density at radius 1 is 1.17 bits per heavy atom. The van der Waals surface area contributed by atoms with Crippen LogP contribution in [0.5, 0.6) is 0 Å². The lowest BCUT2D eigenvalue weighted by Gasteiger charge is -2.29. The van der Waals surface area contributed by atoms with E-state index >= 15 is 0 Å². The van der Waals surface area contributed by atoms with E-state index in [2.05, 4.69) is 12.2 Å². The highest BCUT2D eigenvalue weighted by atomic mass is 35.5. The summed E-state index contributed by atoms with van der Waals surface area (Å²) in [6.07, 6.45) is 4.09. The summed E-state index contributed by atoms with van der Waals surface area (Å²) in [5.74, 6) is 0.132. The van der Waals surface area contributed by atoms with Crippen molar-refractivity contribution in [2.24, 2.45) is 24.6 Å². The number of carbonyl (C=O) groups excluding carboxylic acids is 1. The summed E-state index contributed by atoms with van der Waals surface area (Å²) in [4.78, 5) is 24.2. The number of nitrogens with zero attached hydrogens (tertiary/aromatic N) is 1. The quantitative estimate of drug-likeness (QED) is 0.782. The van der Waals surface area contributed by atoms with Crippen molar-refractivity contribution in [3.8, 4) is 11.1 Å². The Bertz CT molecular complexity index is 936. The minimum Gasteiger partial charge on any atom is -0.325 e. The molecule has 3 N–H and O–H groups in total. The minimum absolute atomic E-state index is 0. The Hall–Kier alpha value is -2.18. The van der Waals surface area contributed by atoms with Crippen LogP contribution in [0.15, 0.2) is 35.1 Å². The molecule has 0 unspecified atom stereocenters. The summed E-state index contributed by atoms with van der Waals surface area (Å²) in [6.45, 7) is 3.99. The van der Waals surface area contributed by atoms with E-state index in [-0.39, 0.29) is 29.8 Å². The normalized spacial score (nSPS) is 19.9. The summed E-state index contributed by atoms with van der Waals surface area (Å²) < 4.78 is 16.2. The van der Waals surface area contributed by atoms with E-state index in [0.717, 1.165) is 25.7 Å². The number of rotatable bonds is 4. The summed E-state index contributed by atoms with van der Waals surface area (Å²) in [6, 6.07) is 7.03. The fourth-order valence-corrected chi connectivity index (χ4v) is 3.91. The van der Waals surface area contributed by atoms with Gasteiger partial charge in [-0.3, -0.25) is 9.59 Å². The molecule has 1 fully saturated rings. The average Bonchev–Trinajstić information content (AvgIpc) is 2.67. The van der Waals surface area contributed by atoms with Crippen LogP contribution < -0.4 is 16.6 Å². The third kappa shape index (κ3) is 5.06. The molecule has 0 aliphatic heterocycles. The standard InChI is InChI=1S/C22H28FN3O2.ClH/c1-13-4-6-15(7-5-13)21(24)22(28)25-16-8-9-18(19(23)12-16)17-10-11-20(27)26(3)14(17)2;/h8-13,15,21H,4-7,24H2,1-3H3,(H,25,28);1H/t13?,15?,21-;/m0./s1. The molecule has 1 aliphatic carbocycles. The van der Waals surface area contributed by atoms with Crippen molar-refractivity contribution < 1.29 is 9.18 Å². The number of anilines is 1. The van der Waals surface area contributed by atoms with Gasteiger partial charge in [0.15, 0.2) is 0 Å². The number of hydrogen-bond donors (Lipinski definition) is 2. The van der Waals surface area contributed by atoms with Crippen LogP contribution >= 0.6 is 12.4 Å². The topological polar surface area (TPSA) is 77.1 Å². The second-order valence-electron chi connectivity index (χ2n) is 7.96. The number of hydrogen-bond acceptors (Lipinski definition) is 3. The number of nitrogens with one attached hydrogen (secondary N) is 1. The van der Waals surface area contributed by atoms with E-state index in [4.69, 9.17) is 5.73 Å². The monoisotopic (exact) mass is 421 g/mol. The molecule has 0 saturated heterocycles. The molecule has 5 nitrogen and oxygen atoms in total. The maximum atomic E-state index is 14.7. The molecule has 158 valence electrons. The van der Waals surface area contributed by atoms with Gasteiger partial charge in [0.2, 0.25) is 11.5 Å². The highest BCUT2D eigenvalue weighted by Crippen LogP contribution is 2.31. The summed E-state index contributed by atoms with van der Waals surface area (Å²) in [5, 5.41) is 2.75. The summed E-state index contributed by atoms with van der Waals surface area (Å²) in [5.41, 5.74) is 8.10. The first-order valence-electron chi connectivity index (χ1n) is 9.81. The second kappa shape index (κ2) is 9.55. The maximum Gasteiger partial charge on any atom is 0.250 e. The van der Waals surface area contributed by atoms with Crippen LogP contribution in [0.2, 0.25) is 0 Å². The van der Waals surface area contributed by atoms with E-state index < -0.39 is 11.9 Å². The largest absolute Gasteiger partial charge is 0.325 e. The van der Waals surface area contributed by atoms with Gasteiger partial charge in [-0.25, -0.2) is 4.39 Å². The average molecular weight is 422 g/mol. The number of nitrogens with two attached hydrogens (primary N) is 1. The fourth-order valence-electron chi connectivity index (χ4n) is 3.91. The lowest BCUT2D eigenvalue weighted by molar-refractivity contribution is -0.118. The van der Waals surface area contributed by atoms with E-state index in [1.807, 2.05) is 0 Å². The molecule has 1 saturated carbocycles. The van der Waals surface area contributed by atoms with Gasteiger partial charge in [0.05, 0.1) is 6.04 Å². The summed E-state index contributed by atoms with van der Waals surface area (Å²) in [7, 11) is 1.65. The molecule has 3 rings (SSSR count). The molecule has 1 heterocycles. The predicted octanol–water partition coefficient (Wildman–Crippen LogP) is 4.01. The molecule has 0 spiro atoms. The first-order chi connectivity index (χ1) is 13.3. The van der Waals surface area contributed by atoms with Crippen LogP contribution in [-0.4, -0.2) is 16.5 Å². The van der Waals surface area contributed by atoms with Gasteiger partial charge in [0.1, 0.15) is 5.82 Å². The zero-order chi connectivity index (χ0) is 20.4. The second-order valence-corrected chi connectivity index (χ2v) is 7.96. The van der Waals surface area contributed by atoms with Gasteiger partial charge >= 0.3 is 0 Å². The zero-order valence-corrected chi connectivity index (χ0v) is 17.9. The van der Waals surface area contributed by atoms with Crippen LogP contribution in [0.3, 0.4) is 0 Å². The molecule has 0 radical (unpaired) electrons. The molecule has 1 aromatic heterocycles. The molecular weight excluding hydrogens is 393 g/mol. The molecular formula is C22H29ClFN3O2. The van der Waals surface area contributed by atoms with Crippen molar-refractivity contribution in [2.75, 3.05) is 5.32 Å². The third-order valence-corrected chi connectivity index (χ3v) is 6.01. The van der Waals surface area contributed by atoms with Gasteiger partial charge in [0, 0.05) is 35.6 Å². The highest BCUT2D eigenvalue weighted by Gasteiger charge is 2.28. The van der Waals surface area contributed by atoms with Crippen molar-refractivity contribution in [1.82, 2.24) is 4.57 Å². The number of carbonyl (C=O) groups is 1. The fraction of sp³-hybridized carbons (Fsp3) is 0.455. The Balaban J connectivity index is 0.00000300. The number of benzene rings is 1. The summed E-state index contributed by atoms with van der Waals surface area (Å²) >= 11 is 0. The van der Waals surface area contributed by atoms with Gasteiger partial charge < -0.3 is 15.6 Å². The molecule has 1 atom stereocenters. The number of aromatic nitrogens is 1. The third-order valence-electron chi connectivity index (χ3n) is 6.01. The van der Waals surface area contributed by atoms with Gasteiger partial charge in [-0.2, -0.15) is 0 Å². The van der Waals surface area contributed by atoms with Crippen molar-refractivity contribution in [1.29, 1.82) is 0 Å². The lowest BCUT2D eigenvalue weighted by atomic mass is 9.79. The Labute approximate surface area is 176 Å². The van der Waals surface area contributed by atoms with Crippen molar-refractivity contribution in [3.05, 3.63) is 52.2 Å². The minimum atomic E-state index is -0.582. The molecule has 1 aliphatic rings. The molecule has 7 heteroatoms. The lowest BCUT2D eigenvalue weighted by Crippen LogP contribution is -2.43. The van der Waals surface area contributed by atoms with Crippen LogP contribution in [-0.2, 0) is 11.8 Å². The molecule has 0 bridgehead atoms. The SMILES string of the molecule is Cc1c(-c2ccc(NC(=O)[C@@H](N)C3CCC(C)CC3)cc2F)ccc(=O)n1C.Cl. The van der Waals surface area contributed by atoms with Crippen LogP contribution in [0, 0.1) is 24.6 Å². The van der Waals surface area contributed by atoms with E-state index in [1.54, 1.807) is 32.2 Å². The van der Waals surface area contributed by atoms with Gasteiger partial charge in [0.25, 0.3) is 0 Å². The van der Waals surface area contributed by atoms with Gasteiger partial charge in [-0.1, -0.05) is 19.8 Å². The Morgan fingerprint density at radius 2 is 1.79 bits per heavy atom. The molecule has 1 aromatic carbocycles. The first kappa shape index (κ1) is 23.1. The molecule has 1 amide bonds. The van der Waals surface area contributed by atoms with E-state index in [9.17, 15) is 14.0 Å². The smallest absolute Gasteiger partial charge is 0.250 e. The van der Waals surface area contributed by atoms with E-state index in [0.29, 0.717) is 28.4 Å². The van der Waals surface area contributed by atoms with Gasteiger partial charge in [-0.15, -0.1) is 12.4 Å². The number of pyridine rings is 1. The predicted molar refractivity (Wildman–Crippen MR) is 117 cm³/mol. The van der Waals surface area contributed by atoms with Crippen LogP contribution in [0.25, 0.3) is 11.1 Å². The first-order valence-corrected chi connectivity index (χ1v) is 9.81. The van der Waals surface area contributed by atoms with Crippen LogP contribution in [0.4, 0.5) is 10.1 Å². The molecule has 2 aromatic rings. The van der Waals surface area contributed by atoms with Crippen molar-refractivity contribution in [3.63, 3.8) is 0 Å². The van der Waals surface area contributed by atoms with Crippen molar-refractivity contribution in [2.45, 2.75) is 45.6 Å². The van der Waals surface area contributed by atoms with Gasteiger partial charge in [-0.05, 0) is 55.9 Å².